The number of pyridine rings is 1. The minimum atomic E-state index is -0.475. The van der Waals surface area contributed by atoms with E-state index < -0.39 is 6.03 Å². The standard InChI is InChI=1S/C10H9BrN4O/c11-7-4-6-2-1-3-8(9(6)13-5-7)14-10(16)15-12/h1-5H,12H2,(H2,14,15,16). The SMILES string of the molecule is NNC(=O)Nc1cccc2cc(Br)cnc12. The summed E-state index contributed by atoms with van der Waals surface area (Å²) in [6.45, 7) is 0. The highest BCUT2D eigenvalue weighted by molar-refractivity contribution is 9.10. The molecule has 2 amide bonds. The molecule has 0 aliphatic heterocycles. The Balaban J connectivity index is 2.49. The maximum atomic E-state index is 11.1. The van der Waals surface area contributed by atoms with E-state index in [-0.39, 0.29) is 0 Å². The second-order valence-electron chi connectivity index (χ2n) is 3.13. The molecule has 2 aromatic rings. The number of anilines is 1. The Morgan fingerprint density at radius 2 is 2.25 bits per heavy atom. The highest BCUT2D eigenvalue weighted by atomic mass is 79.9. The van der Waals surface area contributed by atoms with E-state index in [9.17, 15) is 4.79 Å². The highest BCUT2D eigenvalue weighted by Gasteiger charge is 2.05. The Labute approximate surface area is 100 Å². The van der Waals surface area contributed by atoms with Gasteiger partial charge in [0.2, 0.25) is 0 Å². The second kappa shape index (κ2) is 4.46. The fraction of sp³-hybridized carbons (Fsp3) is 0. The molecule has 5 nitrogen and oxygen atoms in total. The fourth-order valence-electron chi connectivity index (χ4n) is 1.39. The van der Waals surface area contributed by atoms with Crippen LogP contribution in [0.4, 0.5) is 10.5 Å². The van der Waals surface area contributed by atoms with Crippen LogP contribution >= 0.6 is 15.9 Å². The number of carbonyl (C=O) groups is 1. The molecule has 0 fully saturated rings. The molecule has 0 aliphatic carbocycles. The maximum absolute atomic E-state index is 11.1. The van der Waals surface area contributed by atoms with Crippen LogP contribution < -0.4 is 16.6 Å². The zero-order chi connectivity index (χ0) is 11.5. The van der Waals surface area contributed by atoms with Crippen LogP contribution in [-0.2, 0) is 0 Å². The zero-order valence-electron chi connectivity index (χ0n) is 8.20. The van der Waals surface area contributed by atoms with Crippen LogP contribution in [-0.4, -0.2) is 11.0 Å². The first kappa shape index (κ1) is 10.8. The van der Waals surface area contributed by atoms with Gasteiger partial charge >= 0.3 is 6.03 Å². The zero-order valence-corrected chi connectivity index (χ0v) is 9.78. The summed E-state index contributed by atoms with van der Waals surface area (Å²) in [5.41, 5.74) is 3.34. The molecule has 82 valence electrons. The Kier molecular flexibility index (Phi) is 3.02. The lowest BCUT2D eigenvalue weighted by Crippen LogP contribution is -2.34. The van der Waals surface area contributed by atoms with Crippen molar-refractivity contribution < 1.29 is 4.79 Å². The Morgan fingerprint density at radius 3 is 3.00 bits per heavy atom. The van der Waals surface area contributed by atoms with Crippen LogP contribution in [0.3, 0.4) is 0 Å². The van der Waals surface area contributed by atoms with E-state index in [1.807, 2.05) is 23.6 Å². The van der Waals surface area contributed by atoms with Crippen LogP contribution in [0.1, 0.15) is 0 Å². The Morgan fingerprint density at radius 1 is 1.44 bits per heavy atom. The molecule has 0 bridgehead atoms. The normalized spacial score (nSPS) is 10.1. The summed E-state index contributed by atoms with van der Waals surface area (Å²) in [7, 11) is 0. The number of hydrazine groups is 1. The van der Waals surface area contributed by atoms with Gasteiger partial charge in [0, 0.05) is 16.1 Å². The van der Waals surface area contributed by atoms with Crippen LogP contribution in [0.5, 0.6) is 0 Å². The number of urea groups is 1. The summed E-state index contributed by atoms with van der Waals surface area (Å²) in [6, 6.07) is 6.96. The lowest BCUT2D eigenvalue weighted by atomic mass is 10.2. The molecule has 1 aromatic carbocycles. The number of rotatable bonds is 1. The van der Waals surface area contributed by atoms with Gasteiger partial charge in [-0.2, -0.15) is 0 Å². The molecule has 16 heavy (non-hydrogen) atoms. The number of nitrogens with zero attached hydrogens (tertiary/aromatic N) is 1. The summed E-state index contributed by atoms with van der Waals surface area (Å²) in [4.78, 5) is 15.3. The van der Waals surface area contributed by atoms with Gasteiger partial charge in [-0.25, -0.2) is 10.6 Å². The van der Waals surface area contributed by atoms with Gasteiger partial charge in [-0.05, 0) is 28.1 Å². The number of nitrogens with one attached hydrogen (secondary N) is 2. The van der Waals surface area contributed by atoms with Crippen molar-refractivity contribution in [2.75, 3.05) is 5.32 Å². The largest absolute Gasteiger partial charge is 0.333 e. The summed E-state index contributed by atoms with van der Waals surface area (Å²) in [6.07, 6.45) is 1.67. The van der Waals surface area contributed by atoms with Gasteiger partial charge in [0.05, 0.1) is 11.2 Å². The van der Waals surface area contributed by atoms with E-state index in [0.29, 0.717) is 11.2 Å². The molecule has 2 rings (SSSR count). The number of carbonyl (C=O) groups excluding carboxylic acids is 1. The molecule has 0 saturated heterocycles. The summed E-state index contributed by atoms with van der Waals surface area (Å²) < 4.78 is 0.889. The third kappa shape index (κ3) is 2.12. The van der Waals surface area contributed by atoms with Crippen molar-refractivity contribution in [3.63, 3.8) is 0 Å². The second-order valence-corrected chi connectivity index (χ2v) is 4.04. The van der Waals surface area contributed by atoms with E-state index in [1.54, 1.807) is 12.3 Å². The lowest BCUT2D eigenvalue weighted by molar-refractivity contribution is 0.252. The monoisotopic (exact) mass is 280 g/mol. The van der Waals surface area contributed by atoms with Gasteiger partial charge in [0.15, 0.2) is 0 Å². The van der Waals surface area contributed by atoms with Crippen molar-refractivity contribution in [1.29, 1.82) is 0 Å². The third-order valence-electron chi connectivity index (χ3n) is 2.06. The smallest absolute Gasteiger partial charge is 0.305 e. The van der Waals surface area contributed by atoms with Crippen molar-refractivity contribution in [3.05, 3.63) is 34.9 Å². The first-order chi connectivity index (χ1) is 7.70. The van der Waals surface area contributed by atoms with Crippen molar-refractivity contribution in [2.24, 2.45) is 5.84 Å². The van der Waals surface area contributed by atoms with Crippen molar-refractivity contribution in [2.45, 2.75) is 0 Å². The van der Waals surface area contributed by atoms with Crippen LogP contribution in [0, 0.1) is 0 Å². The first-order valence-corrected chi connectivity index (χ1v) is 5.32. The van der Waals surface area contributed by atoms with Crippen LogP contribution in [0.25, 0.3) is 10.9 Å². The van der Waals surface area contributed by atoms with Gasteiger partial charge in [0.1, 0.15) is 0 Å². The topological polar surface area (TPSA) is 80.0 Å². The number of fused-ring (bicyclic) bond motifs is 1. The molecule has 0 saturated carbocycles. The van der Waals surface area contributed by atoms with E-state index >= 15 is 0 Å². The van der Waals surface area contributed by atoms with Crippen molar-refractivity contribution in [3.8, 4) is 0 Å². The fourth-order valence-corrected chi connectivity index (χ4v) is 1.74. The van der Waals surface area contributed by atoms with Crippen molar-refractivity contribution >= 4 is 38.6 Å². The molecule has 0 radical (unpaired) electrons. The maximum Gasteiger partial charge on any atom is 0.333 e. The molecule has 0 aliphatic rings. The molecule has 0 spiro atoms. The summed E-state index contributed by atoms with van der Waals surface area (Å²) in [5, 5.41) is 3.54. The van der Waals surface area contributed by atoms with E-state index in [1.165, 1.54) is 0 Å². The minimum absolute atomic E-state index is 0.475. The van der Waals surface area contributed by atoms with E-state index in [4.69, 9.17) is 5.84 Å². The summed E-state index contributed by atoms with van der Waals surface area (Å²) in [5.74, 6) is 5.00. The first-order valence-electron chi connectivity index (χ1n) is 4.52. The van der Waals surface area contributed by atoms with Crippen molar-refractivity contribution in [1.82, 2.24) is 10.4 Å². The molecular formula is C10H9BrN4O. The van der Waals surface area contributed by atoms with Gasteiger partial charge in [-0.1, -0.05) is 12.1 Å². The minimum Gasteiger partial charge on any atom is -0.305 e. The average molecular weight is 281 g/mol. The number of hydrogen-bond acceptors (Lipinski definition) is 3. The number of halogens is 1. The molecule has 4 N–H and O–H groups in total. The predicted molar refractivity (Wildman–Crippen MR) is 65.8 cm³/mol. The molecular weight excluding hydrogens is 272 g/mol. The van der Waals surface area contributed by atoms with Gasteiger partial charge in [0.25, 0.3) is 0 Å². The molecule has 0 unspecified atom stereocenters. The molecule has 1 aromatic heterocycles. The quantitative estimate of drug-likeness (QED) is 0.425. The average Bonchev–Trinajstić information content (AvgIpc) is 2.28. The summed E-state index contributed by atoms with van der Waals surface area (Å²) >= 11 is 3.34. The van der Waals surface area contributed by atoms with E-state index in [2.05, 4.69) is 26.2 Å². The number of aromatic nitrogens is 1. The van der Waals surface area contributed by atoms with Crippen LogP contribution in [0.2, 0.25) is 0 Å². The predicted octanol–water partition coefficient (Wildman–Crippen LogP) is 1.99. The molecule has 6 heteroatoms. The molecule has 0 atom stereocenters. The Hall–Kier alpha value is -1.66. The van der Waals surface area contributed by atoms with Gasteiger partial charge in [-0.3, -0.25) is 10.4 Å². The number of benzene rings is 1. The number of para-hydroxylation sites is 1. The number of amides is 2. The van der Waals surface area contributed by atoms with Gasteiger partial charge < -0.3 is 5.32 Å². The number of hydrogen-bond donors (Lipinski definition) is 3. The third-order valence-corrected chi connectivity index (χ3v) is 2.49. The molecule has 1 heterocycles. The lowest BCUT2D eigenvalue weighted by Gasteiger charge is -2.07. The Bertz CT molecular complexity index is 543. The highest BCUT2D eigenvalue weighted by Crippen LogP contribution is 2.23. The van der Waals surface area contributed by atoms with Crippen LogP contribution in [0.15, 0.2) is 34.9 Å². The van der Waals surface area contributed by atoms with Gasteiger partial charge in [-0.15, -0.1) is 0 Å². The van der Waals surface area contributed by atoms with E-state index in [0.717, 1.165) is 9.86 Å². The number of nitrogens with two attached hydrogens (primary N) is 1.